The van der Waals surface area contributed by atoms with Crippen LogP contribution in [0.5, 0.6) is 0 Å². The summed E-state index contributed by atoms with van der Waals surface area (Å²) in [6.07, 6.45) is 0.503. The lowest BCUT2D eigenvalue weighted by molar-refractivity contribution is -0.150. The summed E-state index contributed by atoms with van der Waals surface area (Å²) in [7, 11) is 0. The van der Waals surface area contributed by atoms with Crippen LogP contribution in [0.3, 0.4) is 0 Å². The molecule has 2 aromatic heterocycles. The van der Waals surface area contributed by atoms with Crippen molar-refractivity contribution in [2.24, 2.45) is 11.7 Å². The summed E-state index contributed by atoms with van der Waals surface area (Å²) in [6, 6.07) is -2.46. The van der Waals surface area contributed by atoms with E-state index < -0.39 is 42.8 Å². The van der Waals surface area contributed by atoms with Gasteiger partial charge in [0.1, 0.15) is 6.04 Å². The summed E-state index contributed by atoms with van der Waals surface area (Å²) in [6.45, 7) is -0.507. The lowest BCUT2D eigenvalue weighted by atomic mass is 9.81. The van der Waals surface area contributed by atoms with E-state index in [4.69, 9.17) is 10.5 Å². The van der Waals surface area contributed by atoms with E-state index in [-0.39, 0.29) is 31.5 Å². The fourth-order valence-electron chi connectivity index (χ4n) is 4.76. The van der Waals surface area contributed by atoms with Crippen LogP contribution in [0.2, 0.25) is 0 Å². The number of hydrogen-bond acceptors (Lipinski definition) is 5. The maximum absolute atomic E-state index is 13.5. The molecule has 0 unspecified atom stereocenters. The van der Waals surface area contributed by atoms with E-state index in [0.29, 0.717) is 29.7 Å². The molecule has 2 saturated carbocycles. The van der Waals surface area contributed by atoms with Gasteiger partial charge in [-0.2, -0.15) is 18.3 Å². The van der Waals surface area contributed by atoms with Crippen molar-refractivity contribution in [1.82, 2.24) is 24.8 Å². The molecule has 1 aliphatic heterocycles. The molecular formula is C22H27F5N6O2. The van der Waals surface area contributed by atoms with Gasteiger partial charge in [0.2, 0.25) is 5.92 Å². The van der Waals surface area contributed by atoms with Crippen LogP contribution in [0.15, 0.2) is 18.5 Å². The number of halogens is 5. The van der Waals surface area contributed by atoms with E-state index in [1.54, 1.807) is 12.3 Å². The van der Waals surface area contributed by atoms with Crippen molar-refractivity contribution in [3.05, 3.63) is 29.7 Å². The van der Waals surface area contributed by atoms with Crippen molar-refractivity contribution in [2.45, 2.75) is 74.9 Å². The van der Waals surface area contributed by atoms with Crippen molar-refractivity contribution in [1.29, 1.82) is 0 Å². The van der Waals surface area contributed by atoms with Gasteiger partial charge >= 0.3 is 12.2 Å². The first-order valence-electron chi connectivity index (χ1n) is 11.7. The third-order valence-corrected chi connectivity index (χ3v) is 7.08. The molecule has 0 bridgehead atoms. The number of nitrogens with zero attached hydrogens (tertiary/aromatic N) is 4. The maximum atomic E-state index is 13.5. The molecule has 3 atom stereocenters. The van der Waals surface area contributed by atoms with Crippen LogP contribution in [0.25, 0.3) is 5.65 Å². The number of carbonyl (C=O) groups excluding carboxylic acids is 1. The molecule has 5 rings (SSSR count). The van der Waals surface area contributed by atoms with E-state index >= 15 is 0 Å². The highest BCUT2D eigenvalue weighted by Gasteiger charge is 2.49. The minimum atomic E-state index is -4.56. The number of amides is 2. The Labute approximate surface area is 198 Å². The quantitative estimate of drug-likeness (QED) is 0.563. The number of nitrogens with one attached hydrogen (secondary N) is 1. The van der Waals surface area contributed by atoms with E-state index in [0.717, 1.165) is 17.7 Å². The van der Waals surface area contributed by atoms with Crippen LogP contribution < -0.4 is 11.1 Å². The summed E-state index contributed by atoms with van der Waals surface area (Å²) in [5, 5.41) is 6.31. The van der Waals surface area contributed by atoms with Crippen LogP contribution in [0, 0.1) is 5.92 Å². The van der Waals surface area contributed by atoms with Crippen LogP contribution in [-0.4, -0.2) is 62.9 Å². The van der Waals surface area contributed by atoms with Crippen LogP contribution in [0.1, 0.15) is 61.9 Å². The largest absolute Gasteiger partial charge is 0.410 e. The van der Waals surface area contributed by atoms with Gasteiger partial charge in [0.15, 0.2) is 5.65 Å². The zero-order valence-corrected chi connectivity index (χ0v) is 18.8. The van der Waals surface area contributed by atoms with Gasteiger partial charge in [0.25, 0.3) is 0 Å². The minimum absolute atomic E-state index is 0.0316. The molecule has 0 radical (unpaired) electrons. The van der Waals surface area contributed by atoms with Gasteiger partial charge in [-0.25, -0.2) is 23.1 Å². The molecule has 2 aromatic rings. The fourth-order valence-corrected chi connectivity index (χ4v) is 4.76. The number of nitrogens with two attached hydrogens (primary N) is 1. The molecule has 0 aromatic carbocycles. The van der Waals surface area contributed by atoms with Gasteiger partial charge in [-0.3, -0.25) is 0 Å². The van der Waals surface area contributed by atoms with E-state index in [9.17, 15) is 26.7 Å². The fraction of sp³-hybridized carbons (Fsp3) is 0.682. The first kappa shape index (κ1) is 24.2. The van der Waals surface area contributed by atoms with Crippen molar-refractivity contribution in [2.75, 3.05) is 13.2 Å². The van der Waals surface area contributed by atoms with E-state index in [1.165, 1.54) is 10.7 Å². The molecule has 1 saturated heterocycles. The van der Waals surface area contributed by atoms with E-state index in [1.807, 2.05) is 5.32 Å². The summed E-state index contributed by atoms with van der Waals surface area (Å²) in [5.41, 5.74) is 7.74. The topological polar surface area (TPSA) is 97.8 Å². The SMILES string of the molecule is N[C@H](c1cn2ncc([C@@H](COC3CC3)N3C[C@@H](C(F)(F)F)NC3=O)cc2n1)C1CCC(F)(F)CC1. The summed E-state index contributed by atoms with van der Waals surface area (Å²) >= 11 is 0. The number of urea groups is 1. The van der Waals surface area contributed by atoms with Gasteiger partial charge in [0, 0.05) is 18.4 Å². The van der Waals surface area contributed by atoms with Crippen molar-refractivity contribution < 1.29 is 31.5 Å². The standard InChI is InChI=1S/C22H27F5N6O2/c23-21(24)5-3-12(4-6-21)19(28)15-9-33-18(30-15)7-13(8-29-33)16(11-35-14-1-2-14)32-10-17(22(25,26)27)31-20(32)34/h7-9,12,14,16-17,19H,1-6,10-11,28H2,(H,31,34)/t16-,17+,19+/m1/s1. The zero-order valence-electron chi connectivity index (χ0n) is 18.8. The zero-order chi connectivity index (χ0) is 25.0. The monoisotopic (exact) mass is 502 g/mol. The van der Waals surface area contributed by atoms with Crippen molar-refractivity contribution >= 4 is 11.7 Å². The third kappa shape index (κ3) is 5.20. The van der Waals surface area contributed by atoms with Gasteiger partial charge in [0.05, 0.1) is 49.4 Å². The highest BCUT2D eigenvalue weighted by molar-refractivity contribution is 5.77. The van der Waals surface area contributed by atoms with Crippen LogP contribution in [0.4, 0.5) is 26.7 Å². The van der Waals surface area contributed by atoms with Gasteiger partial charge in [-0.15, -0.1) is 0 Å². The van der Waals surface area contributed by atoms with Crippen LogP contribution >= 0.6 is 0 Å². The molecule has 3 fully saturated rings. The first-order valence-corrected chi connectivity index (χ1v) is 11.7. The second-order valence-corrected chi connectivity index (χ2v) is 9.72. The number of imidazole rings is 1. The number of carbonyl (C=O) groups is 1. The predicted molar refractivity (Wildman–Crippen MR) is 114 cm³/mol. The number of fused-ring (bicyclic) bond motifs is 1. The predicted octanol–water partition coefficient (Wildman–Crippen LogP) is 3.73. The van der Waals surface area contributed by atoms with E-state index in [2.05, 4.69) is 10.1 Å². The van der Waals surface area contributed by atoms with Gasteiger partial charge < -0.3 is 20.7 Å². The maximum Gasteiger partial charge on any atom is 0.410 e. The molecule has 3 heterocycles. The number of aromatic nitrogens is 3. The number of ether oxygens (including phenoxy) is 1. The molecule has 13 heteroatoms. The molecule has 2 aliphatic carbocycles. The molecular weight excluding hydrogens is 475 g/mol. The Bertz CT molecular complexity index is 1080. The smallest absolute Gasteiger partial charge is 0.376 e. The molecule has 3 N–H and O–H groups in total. The summed E-state index contributed by atoms with van der Waals surface area (Å²) < 4.78 is 74.0. The number of rotatable bonds is 7. The Morgan fingerprint density at radius 3 is 2.57 bits per heavy atom. The third-order valence-electron chi connectivity index (χ3n) is 7.08. The number of hydrogen-bond donors (Lipinski definition) is 2. The average Bonchev–Trinajstić information content (AvgIpc) is 3.38. The van der Waals surface area contributed by atoms with Crippen molar-refractivity contribution in [3.8, 4) is 0 Å². The lowest BCUT2D eigenvalue weighted by Crippen LogP contribution is -2.40. The lowest BCUT2D eigenvalue weighted by Gasteiger charge is -2.31. The molecule has 0 spiro atoms. The summed E-state index contributed by atoms with van der Waals surface area (Å²) in [5.74, 6) is -2.79. The Morgan fingerprint density at radius 2 is 1.94 bits per heavy atom. The first-order chi connectivity index (χ1) is 16.5. The van der Waals surface area contributed by atoms with Crippen LogP contribution in [-0.2, 0) is 4.74 Å². The Morgan fingerprint density at radius 1 is 1.23 bits per heavy atom. The Balaban J connectivity index is 1.37. The second-order valence-electron chi connectivity index (χ2n) is 9.72. The highest BCUT2D eigenvalue weighted by atomic mass is 19.4. The Hall–Kier alpha value is -2.54. The second kappa shape index (κ2) is 8.84. The molecule has 8 nitrogen and oxygen atoms in total. The molecule has 192 valence electrons. The normalized spacial score (nSPS) is 25.1. The Kier molecular flexibility index (Phi) is 6.10. The number of alkyl halides is 5. The molecule has 35 heavy (non-hydrogen) atoms. The van der Waals surface area contributed by atoms with Gasteiger partial charge in [-0.1, -0.05) is 0 Å². The molecule has 3 aliphatic rings. The highest BCUT2D eigenvalue weighted by Crippen LogP contribution is 2.40. The average molecular weight is 502 g/mol. The van der Waals surface area contributed by atoms with Gasteiger partial charge in [-0.05, 0) is 37.7 Å². The minimum Gasteiger partial charge on any atom is -0.376 e. The van der Waals surface area contributed by atoms with Crippen molar-refractivity contribution in [3.63, 3.8) is 0 Å². The molecule has 2 amide bonds. The summed E-state index contributed by atoms with van der Waals surface area (Å²) in [4.78, 5) is 18.1.